The topological polar surface area (TPSA) is 174 Å². The van der Waals surface area contributed by atoms with Crippen LogP contribution in [0.15, 0.2) is 24.3 Å². The van der Waals surface area contributed by atoms with Gasteiger partial charge in [-0.15, -0.1) is 0 Å². The van der Waals surface area contributed by atoms with Crippen molar-refractivity contribution >= 4 is 23.6 Å². The van der Waals surface area contributed by atoms with E-state index in [0.717, 1.165) is 5.56 Å². The fourth-order valence-corrected chi connectivity index (χ4v) is 3.85. The summed E-state index contributed by atoms with van der Waals surface area (Å²) in [5.41, 5.74) is 0.672. The molecule has 188 valence electrons. The van der Waals surface area contributed by atoms with E-state index in [-0.39, 0.29) is 58.2 Å². The van der Waals surface area contributed by atoms with Crippen molar-refractivity contribution in [1.82, 2.24) is 14.7 Å². The Labute approximate surface area is 196 Å². The molecule has 13 heteroatoms. The van der Waals surface area contributed by atoms with Crippen LogP contribution in [0.25, 0.3) is 0 Å². The lowest BCUT2D eigenvalue weighted by Crippen LogP contribution is -2.51. The first kappa shape index (κ1) is 27.1. The van der Waals surface area contributed by atoms with Crippen molar-refractivity contribution in [2.45, 2.75) is 12.5 Å². The lowest BCUT2D eigenvalue weighted by Gasteiger charge is -2.36. The summed E-state index contributed by atoms with van der Waals surface area (Å²) in [7, 11) is 0. The van der Waals surface area contributed by atoms with Crippen molar-refractivity contribution in [1.29, 1.82) is 0 Å². The molecule has 1 atom stereocenters. The van der Waals surface area contributed by atoms with Gasteiger partial charge in [-0.25, -0.2) is 0 Å². The summed E-state index contributed by atoms with van der Waals surface area (Å²) in [5, 5.41) is 38.9. The first-order valence-corrected chi connectivity index (χ1v) is 10.8. The third-order valence-electron chi connectivity index (χ3n) is 5.47. The van der Waals surface area contributed by atoms with Crippen LogP contribution in [0.5, 0.6) is 0 Å². The van der Waals surface area contributed by atoms with Crippen LogP contribution < -0.4 is 0 Å². The molecule has 1 aliphatic rings. The van der Waals surface area contributed by atoms with Crippen molar-refractivity contribution in [3.63, 3.8) is 0 Å². The first-order chi connectivity index (χ1) is 16.1. The lowest BCUT2D eigenvalue weighted by molar-refractivity contribution is -0.384. The Morgan fingerprint density at radius 3 is 2.03 bits per heavy atom. The predicted molar refractivity (Wildman–Crippen MR) is 119 cm³/mol. The Hall–Kier alpha value is -3.13. The second kappa shape index (κ2) is 13.5. The van der Waals surface area contributed by atoms with E-state index >= 15 is 0 Å². The maximum absolute atomic E-state index is 11.5. The van der Waals surface area contributed by atoms with Crippen molar-refractivity contribution in [2.75, 3.05) is 65.6 Å². The normalized spacial score (nSPS) is 19.6. The predicted octanol–water partition coefficient (Wildman–Crippen LogP) is -0.304. The van der Waals surface area contributed by atoms with E-state index in [0.29, 0.717) is 19.5 Å². The van der Waals surface area contributed by atoms with Gasteiger partial charge in [0.25, 0.3) is 5.69 Å². The highest BCUT2D eigenvalue weighted by atomic mass is 16.6. The average molecular weight is 482 g/mol. The minimum Gasteiger partial charge on any atom is -0.480 e. The summed E-state index contributed by atoms with van der Waals surface area (Å²) >= 11 is 0. The number of non-ortho nitro benzene ring substituents is 1. The largest absolute Gasteiger partial charge is 0.480 e. The van der Waals surface area contributed by atoms with E-state index in [1.54, 1.807) is 26.8 Å². The van der Waals surface area contributed by atoms with E-state index < -0.39 is 28.9 Å². The molecule has 1 fully saturated rings. The SMILES string of the molecule is O=C(O)CN1CCOCCN(CC(=O)O)[C@H](Cc2ccc([N+](=O)[O-])cc2)CN(CC(=O)O)CC1. The number of nitrogens with zero attached hydrogens (tertiary/aromatic N) is 4. The van der Waals surface area contributed by atoms with Gasteiger partial charge in [0.05, 0.1) is 37.8 Å². The van der Waals surface area contributed by atoms with E-state index in [1.165, 1.54) is 12.1 Å². The van der Waals surface area contributed by atoms with Crippen molar-refractivity contribution < 1.29 is 39.4 Å². The Morgan fingerprint density at radius 1 is 0.882 bits per heavy atom. The number of carboxylic acid groups (broad SMARTS) is 3. The number of rotatable bonds is 9. The highest BCUT2D eigenvalue weighted by Gasteiger charge is 2.26. The third kappa shape index (κ3) is 9.79. The van der Waals surface area contributed by atoms with Gasteiger partial charge in [-0.1, -0.05) is 12.1 Å². The van der Waals surface area contributed by atoms with E-state index in [9.17, 15) is 34.7 Å². The second-order valence-electron chi connectivity index (χ2n) is 8.06. The van der Waals surface area contributed by atoms with Crippen LogP contribution in [0, 0.1) is 10.1 Å². The standard InChI is InChI=1S/C21H30N4O9/c26-19(27)13-22-5-6-23(14-20(28)29)12-18(11-16-1-3-17(4-2-16)25(32)33)24(15-21(30)31)8-10-34-9-7-22/h1-4,18H,5-15H2,(H,26,27)(H,28,29)(H,30,31)/t18-/m1/s1. The molecule has 0 unspecified atom stereocenters. The van der Waals surface area contributed by atoms with Crippen molar-refractivity contribution in [2.24, 2.45) is 0 Å². The van der Waals surface area contributed by atoms with Gasteiger partial charge in [0.15, 0.2) is 0 Å². The van der Waals surface area contributed by atoms with Gasteiger partial charge in [-0.2, -0.15) is 0 Å². The number of nitro groups is 1. The molecule has 0 spiro atoms. The number of aliphatic carboxylic acids is 3. The second-order valence-corrected chi connectivity index (χ2v) is 8.06. The molecule has 3 N–H and O–H groups in total. The molecular weight excluding hydrogens is 452 g/mol. The Bertz CT molecular complexity index is 849. The zero-order valence-corrected chi connectivity index (χ0v) is 18.7. The number of hydrogen-bond donors (Lipinski definition) is 3. The van der Waals surface area contributed by atoms with Crippen LogP contribution >= 0.6 is 0 Å². The summed E-state index contributed by atoms with van der Waals surface area (Å²) in [5.74, 6) is -3.10. The van der Waals surface area contributed by atoms with Gasteiger partial charge in [0.2, 0.25) is 0 Å². The Balaban J connectivity index is 2.29. The van der Waals surface area contributed by atoms with Crippen LogP contribution in [-0.2, 0) is 25.5 Å². The van der Waals surface area contributed by atoms with Crippen LogP contribution in [0.1, 0.15) is 5.56 Å². The molecule has 0 aliphatic carbocycles. The molecule has 1 aromatic rings. The van der Waals surface area contributed by atoms with E-state index in [1.807, 2.05) is 0 Å². The van der Waals surface area contributed by atoms with Crippen LogP contribution in [0.2, 0.25) is 0 Å². The summed E-state index contributed by atoms with van der Waals surface area (Å²) in [6.45, 7) is 1.05. The molecule has 0 aromatic heterocycles. The molecule has 0 amide bonds. The van der Waals surface area contributed by atoms with Gasteiger partial charge in [0.1, 0.15) is 0 Å². The fourth-order valence-electron chi connectivity index (χ4n) is 3.85. The average Bonchev–Trinajstić information content (AvgIpc) is 2.74. The highest BCUT2D eigenvalue weighted by Crippen LogP contribution is 2.16. The third-order valence-corrected chi connectivity index (χ3v) is 5.47. The summed E-state index contributed by atoms with van der Waals surface area (Å²) in [4.78, 5) is 49.7. The minimum absolute atomic E-state index is 0.0655. The number of hydrogen-bond acceptors (Lipinski definition) is 9. The van der Waals surface area contributed by atoms with Gasteiger partial charge < -0.3 is 20.1 Å². The van der Waals surface area contributed by atoms with Crippen molar-refractivity contribution in [3.05, 3.63) is 39.9 Å². The highest BCUT2D eigenvalue weighted by molar-refractivity contribution is 5.70. The molecule has 34 heavy (non-hydrogen) atoms. The molecule has 1 heterocycles. The summed E-state index contributed by atoms with van der Waals surface area (Å²) in [6.07, 6.45) is 0.334. The fraction of sp³-hybridized carbons (Fsp3) is 0.571. The number of carbonyl (C=O) groups is 3. The van der Waals surface area contributed by atoms with Gasteiger partial charge >= 0.3 is 17.9 Å². The summed E-state index contributed by atoms with van der Waals surface area (Å²) < 4.78 is 5.61. The molecule has 1 aromatic carbocycles. The van der Waals surface area contributed by atoms with Gasteiger partial charge in [-0.3, -0.25) is 39.2 Å². The number of ether oxygens (including phenoxy) is 1. The molecular formula is C21H30N4O9. The maximum Gasteiger partial charge on any atom is 0.317 e. The molecule has 2 rings (SSSR count). The molecule has 1 saturated heterocycles. The number of benzene rings is 1. The van der Waals surface area contributed by atoms with Gasteiger partial charge in [-0.05, 0) is 12.0 Å². The number of nitro benzene ring substituents is 1. The Kier molecular flexibility index (Phi) is 10.8. The summed E-state index contributed by atoms with van der Waals surface area (Å²) in [6, 6.07) is 5.51. The van der Waals surface area contributed by atoms with E-state index in [4.69, 9.17) is 9.84 Å². The molecule has 0 saturated carbocycles. The first-order valence-electron chi connectivity index (χ1n) is 10.8. The zero-order chi connectivity index (χ0) is 25.1. The monoisotopic (exact) mass is 482 g/mol. The van der Waals surface area contributed by atoms with Crippen LogP contribution in [0.4, 0.5) is 5.69 Å². The number of carboxylic acids is 3. The van der Waals surface area contributed by atoms with E-state index in [2.05, 4.69) is 0 Å². The lowest BCUT2D eigenvalue weighted by atomic mass is 10.0. The van der Waals surface area contributed by atoms with Crippen LogP contribution in [0.3, 0.4) is 0 Å². The maximum atomic E-state index is 11.5. The minimum atomic E-state index is -1.06. The Morgan fingerprint density at radius 2 is 1.44 bits per heavy atom. The molecule has 1 aliphatic heterocycles. The zero-order valence-electron chi connectivity index (χ0n) is 18.7. The quantitative estimate of drug-likeness (QED) is 0.310. The van der Waals surface area contributed by atoms with Crippen molar-refractivity contribution in [3.8, 4) is 0 Å². The van der Waals surface area contributed by atoms with Crippen LogP contribution in [-0.4, -0.2) is 124 Å². The molecule has 0 bridgehead atoms. The molecule has 0 radical (unpaired) electrons. The van der Waals surface area contributed by atoms with Gasteiger partial charge in [0, 0.05) is 50.9 Å². The smallest absolute Gasteiger partial charge is 0.317 e. The molecule has 13 nitrogen and oxygen atoms in total.